The van der Waals surface area contributed by atoms with Crippen LogP contribution in [0.3, 0.4) is 0 Å². The Morgan fingerprint density at radius 2 is 1.00 bits per heavy atom. The van der Waals surface area contributed by atoms with E-state index in [2.05, 4.69) is 69.3 Å². The minimum absolute atomic E-state index is 0.0533. The van der Waals surface area contributed by atoms with Gasteiger partial charge in [-0.25, -0.2) is 0 Å². The Labute approximate surface area is 294 Å². The molecule has 50 heavy (non-hydrogen) atoms. The van der Waals surface area contributed by atoms with Gasteiger partial charge in [-0.2, -0.15) is 9.97 Å². The van der Waals surface area contributed by atoms with E-state index in [1.54, 1.807) is 14.2 Å². The van der Waals surface area contributed by atoms with Crippen molar-refractivity contribution < 1.29 is 28.5 Å². The third kappa shape index (κ3) is 10.9. The first-order valence-corrected chi connectivity index (χ1v) is 16.6. The van der Waals surface area contributed by atoms with Gasteiger partial charge in [0.1, 0.15) is 13.2 Å². The zero-order valence-electron chi connectivity index (χ0n) is 29.8. The summed E-state index contributed by atoms with van der Waals surface area (Å²) in [5.41, 5.74) is 8.37. The van der Waals surface area contributed by atoms with Crippen molar-refractivity contribution in [2.24, 2.45) is 0 Å². The molecule has 2 aromatic heterocycles. The molecular formula is C38H48N6O6. The molecule has 0 saturated heterocycles. The molecule has 0 saturated carbocycles. The molecule has 4 rings (SSSR count). The Balaban J connectivity index is 1.38. The van der Waals surface area contributed by atoms with E-state index in [0.717, 1.165) is 44.5 Å². The van der Waals surface area contributed by atoms with Gasteiger partial charge in [-0.3, -0.25) is 9.59 Å². The van der Waals surface area contributed by atoms with Crippen LogP contribution in [0.4, 0.5) is 0 Å². The third-order valence-corrected chi connectivity index (χ3v) is 8.13. The minimum atomic E-state index is -0.0533. The second-order valence-corrected chi connectivity index (χ2v) is 11.7. The number of hydrogen-bond donors (Lipinski definition) is 4. The first-order chi connectivity index (χ1) is 24.2. The van der Waals surface area contributed by atoms with Crippen LogP contribution < -0.4 is 40.2 Å². The van der Waals surface area contributed by atoms with Crippen LogP contribution in [-0.2, 0) is 35.9 Å². The van der Waals surface area contributed by atoms with Crippen molar-refractivity contribution in [2.45, 2.75) is 54.0 Å². The number of carbonyl (C=O) groups is 2. The Hall–Kier alpha value is -5.20. The highest BCUT2D eigenvalue weighted by Gasteiger charge is 2.14. The van der Waals surface area contributed by atoms with Gasteiger partial charge in [0, 0.05) is 76.4 Å². The number of methoxy groups -OCH3 is 2. The molecule has 0 aliphatic heterocycles. The largest absolute Gasteiger partial charge is 0.481 e. The average Bonchev–Trinajstić information content (AvgIpc) is 3.11. The van der Waals surface area contributed by atoms with E-state index < -0.39 is 0 Å². The molecule has 4 aromatic rings. The molecular weight excluding hydrogens is 636 g/mol. The predicted molar refractivity (Wildman–Crippen MR) is 192 cm³/mol. The Morgan fingerprint density at radius 3 is 1.38 bits per heavy atom. The number of aromatic nitrogens is 2. The van der Waals surface area contributed by atoms with Crippen LogP contribution in [0.15, 0.2) is 60.7 Å². The van der Waals surface area contributed by atoms with Crippen molar-refractivity contribution in [1.29, 1.82) is 0 Å². The Bertz CT molecular complexity index is 1620. The zero-order chi connectivity index (χ0) is 35.9. The molecule has 0 fully saturated rings. The van der Waals surface area contributed by atoms with Crippen molar-refractivity contribution in [3.63, 3.8) is 0 Å². The second kappa shape index (κ2) is 19.1. The van der Waals surface area contributed by atoms with E-state index in [1.165, 1.54) is 13.8 Å². The van der Waals surface area contributed by atoms with Crippen LogP contribution in [-0.4, -0.2) is 62.2 Å². The summed E-state index contributed by atoms with van der Waals surface area (Å²) in [5, 5.41) is 12.1. The molecule has 266 valence electrons. The monoisotopic (exact) mass is 684 g/mol. The number of benzene rings is 2. The van der Waals surface area contributed by atoms with E-state index in [9.17, 15) is 9.59 Å². The molecule has 0 radical (unpaired) electrons. The zero-order valence-corrected chi connectivity index (χ0v) is 29.8. The summed E-state index contributed by atoms with van der Waals surface area (Å²) in [7, 11) is 3.18. The Morgan fingerprint density at radius 1 is 0.580 bits per heavy atom. The number of pyridine rings is 2. The molecule has 2 aromatic carbocycles. The molecule has 12 nitrogen and oxygen atoms in total. The molecule has 12 heteroatoms. The van der Waals surface area contributed by atoms with Crippen LogP contribution in [0.2, 0.25) is 0 Å². The first-order valence-electron chi connectivity index (χ1n) is 16.6. The SMILES string of the molecule is COc1nc(OCc2cccc(-c3cccc(COc4ccc(CNCCNC(C)=O)c(OC)n4)c3C)c2C)ccc1CNCCNC(C)=O. The van der Waals surface area contributed by atoms with Gasteiger partial charge in [0.25, 0.3) is 0 Å². The molecule has 4 N–H and O–H groups in total. The molecule has 0 unspecified atom stereocenters. The quantitative estimate of drug-likeness (QED) is 0.105. The van der Waals surface area contributed by atoms with Crippen molar-refractivity contribution in [3.8, 4) is 34.6 Å². The van der Waals surface area contributed by atoms with E-state index in [4.69, 9.17) is 18.9 Å². The summed E-state index contributed by atoms with van der Waals surface area (Å²) in [6, 6.07) is 20.0. The molecule has 0 atom stereocenters. The van der Waals surface area contributed by atoms with E-state index in [0.29, 0.717) is 76.0 Å². The highest BCUT2D eigenvalue weighted by Crippen LogP contribution is 2.31. The summed E-state index contributed by atoms with van der Waals surface area (Å²) in [6.07, 6.45) is 0. The lowest BCUT2D eigenvalue weighted by atomic mass is 9.92. The maximum absolute atomic E-state index is 11.1. The lowest BCUT2D eigenvalue weighted by Gasteiger charge is -2.17. The van der Waals surface area contributed by atoms with Gasteiger partial charge < -0.3 is 40.2 Å². The van der Waals surface area contributed by atoms with Crippen molar-refractivity contribution >= 4 is 11.8 Å². The average molecular weight is 685 g/mol. The fourth-order valence-electron chi connectivity index (χ4n) is 5.35. The van der Waals surface area contributed by atoms with Crippen molar-refractivity contribution in [2.75, 3.05) is 40.4 Å². The number of nitrogens with zero attached hydrogens (tertiary/aromatic N) is 2. The van der Waals surface area contributed by atoms with Gasteiger partial charge in [-0.05, 0) is 59.4 Å². The summed E-state index contributed by atoms with van der Waals surface area (Å²) in [5.74, 6) is 1.82. The normalized spacial score (nSPS) is 10.8. The van der Waals surface area contributed by atoms with Gasteiger partial charge in [0.15, 0.2) is 0 Å². The molecule has 2 amide bonds. The predicted octanol–water partition coefficient (Wildman–Crippen LogP) is 4.39. The molecule has 0 aliphatic carbocycles. The van der Waals surface area contributed by atoms with Gasteiger partial charge in [0.2, 0.25) is 35.3 Å². The van der Waals surface area contributed by atoms with Crippen LogP contribution in [0.5, 0.6) is 23.5 Å². The highest BCUT2D eigenvalue weighted by molar-refractivity contribution is 5.73. The van der Waals surface area contributed by atoms with Crippen LogP contribution in [0, 0.1) is 13.8 Å². The maximum atomic E-state index is 11.1. The van der Waals surface area contributed by atoms with Gasteiger partial charge in [0.05, 0.1) is 14.2 Å². The smallest absolute Gasteiger partial charge is 0.220 e. The van der Waals surface area contributed by atoms with E-state index in [-0.39, 0.29) is 11.8 Å². The number of amides is 2. The third-order valence-electron chi connectivity index (χ3n) is 8.13. The van der Waals surface area contributed by atoms with Crippen LogP contribution in [0.25, 0.3) is 11.1 Å². The van der Waals surface area contributed by atoms with Gasteiger partial charge in [-0.1, -0.05) is 36.4 Å². The second-order valence-electron chi connectivity index (χ2n) is 11.7. The van der Waals surface area contributed by atoms with E-state index in [1.807, 2.05) is 36.4 Å². The summed E-state index contributed by atoms with van der Waals surface area (Å²) in [4.78, 5) is 31.2. The fraction of sp³-hybridized carbons (Fsp3) is 0.368. The first kappa shape index (κ1) is 37.6. The van der Waals surface area contributed by atoms with E-state index >= 15 is 0 Å². The van der Waals surface area contributed by atoms with Crippen molar-refractivity contribution in [1.82, 2.24) is 31.2 Å². The lowest BCUT2D eigenvalue weighted by Crippen LogP contribution is -2.30. The number of hydrogen-bond acceptors (Lipinski definition) is 10. The minimum Gasteiger partial charge on any atom is -0.481 e. The van der Waals surface area contributed by atoms with Crippen LogP contribution in [0.1, 0.15) is 47.2 Å². The fourth-order valence-corrected chi connectivity index (χ4v) is 5.35. The summed E-state index contributed by atoms with van der Waals surface area (Å²) in [6.45, 7) is 11.4. The summed E-state index contributed by atoms with van der Waals surface area (Å²) < 4.78 is 23.3. The number of carbonyl (C=O) groups excluding carboxylic acids is 2. The molecule has 0 spiro atoms. The summed E-state index contributed by atoms with van der Waals surface area (Å²) >= 11 is 0. The standard InChI is InChI=1S/C38H48N6O6/c1-25-31(23-49-35-15-13-29(37(43-35)47-5)21-39-17-19-41-27(3)45)9-7-11-33(25)34-12-8-10-32(26(34)2)24-50-36-16-14-30(38(44-36)48-6)22-40-18-20-42-28(4)46/h7-16,39-40H,17-24H2,1-6H3,(H,41,45)(H,42,46). The van der Waals surface area contributed by atoms with Gasteiger partial charge >= 0.3 is 0 Å². The maximum Gasteiger partial charge on any atom is 0.220 e. The molecule has 2 heterocycles. The lowest BCUT2D eigenvalue weighted by molar-refractivity contribution is -0.119. The number of ether oxygens (including phenoxy) is 4. The number of nitrogens with one attached hydrogen (secondary N) is 4. The highest BCUT2D eigenvalue weighted by atomic mass is 16.5. The van der Waals surface area contributed by atoms with Crippen LogP contribution >= 0.6 is 0 Å². The molecule has 0 aliphatic rings. The topological polar surface area (TPSA) is 145 Å². The Kier molecular flexibility index (Phi) is 14.4. The van der Waals surface area contributed by atoms with Crippen molar-refractivity contribution in [3.05, 3.63) is 94.0 Å². The molecule has 0 bridgehead atoms. The van der Waals surface area contributed by atoms with Gasteiger partial charge in [-0.15, -0.1) is 0 Å². The number of rotatable bonds is 19.